The molecule has 3 heterocycles. The van der Waals surface area contributed by atoms with Crippen LogP contribution in [0.25, 0.3) is 0 Å². The number of carbonyl (C=O) groups is 1. The highest BCUT2D eigenvalue weighted by atomic mass is 16.5. The summed E-state index contributed by atoms with van der Waals surface area (Å²) in [6, 6.07) is 4.89. The van der Waals surface area contributed by atoms with Gasteiger partial charge in [0, 0.05) is 31.4 Å². The lowest BCUT2D eigenvalue weighted by molar-refractivity contribution is -0.133. The second-order valence-electron chi connectivity index (χ2n) is 8.63. The molecule has 2 N–H and O–H groups in total. The number of nitrogens with zero attached hydrogens (tertiary/aromatic N) is 2. The molecule has 4 rings (SSSR count). The van der Waals surface area contributed by atoms with Crippen LogP contribution in [0.15, 0.2) is 24.5 Å². The summed E-state index contributed by atoms with van der Waals surface area (Å²) < 4.78 is 5.68. The Labute approximate surface area is 168 Å². The summed E-state index contributed by atoms with van der Waals surface area (Å²) in [6.45, 7) is 3.33. The van der Waals surface area contributed by atoms with Gasteiger partial charge in [0.2, 0.25) is 5.91 Å². The number of aromatic nitrogens is 1. The van der Waals surface area contributed by atoms with Crippen molar-refractivity contribution in [2.24, 2.45) is 0 Å². The van der Waals surface area contributed by atoms with Crippen LogP contribution in [0.1, 0.15) is 57.8 Å². The molecule has 3 fully saturated rings. The topological polar surface area (TPSA) is 66.5 Å². The average molecular weight is 387 g/mol. The first-order valence-corrected chi connectivity index (χ1v) is 11.1. The molecule has 6 nitrogen and oxygen atoms in total. The van der Waals surface area contributed by atoms with Gasteiger partial charge in [0.05, 0.1) is 12.8 Å². The smallest absolute Gasteiger partial charge is 0.240 e. The predicted octanol–water partition coefficient (Wildman–Crippen LogP) is 2.50. The molecule has 2 aliphatic heterocycles. The van der Waals surface area contributed by atoms with E-state index in [-0.39, 0.29) is 11.4 Å². The van der Waals surface area contributed by atoms with Crippen molar-refractivity contribution in [1.82, 2.24) is 20.5 Å². The maximum Gasteiger partial charge on any atom is 0.240 e. The second-order valence-corrected chi connectivity index (χ2v) is 8.63. The third-order valence-electron chi connectivity index (χ3n) is 6.66. The molecule has 0 radical (unpaired) electrons. The molecule has 1 aromatic heterocycles. The van der Waals surface area contributed by atoms with Gasteiger partial charge in [-0.25, -0.2) is 0 Å². The molecule has 0 spiro atoms. The third-order valence-corrected chi connectivity index (χ3v) is 6.66. The van der Waals surface area contributed by atoms with E-state index in [0.717, 1.165) is 44.5 Å². The van der Waals surface area contributed by atoms with Gasteiger partial charge in [-0.1, -0.05) is 12.8 Å². The zero-order chi connectivity index (χ0) is 19.2. The minimum Gasteiger partial charge on any atom is -0.492 e. The lowest BCUT2D eigenvalue weighted by Crippen LogP contribution is -2.57. The van der Waals surface area contributed by atoms with Crippen molar-refractivity contribution in [3.8, 4) is 5.75 Å². The standard InChI is InChI=1S/C22H34N4O2/c27-21(24-12-6-14-28-20-9-5-11-23-16-20)22-10-3-4-13-26(22)17-19(15-22)25-18-7-1-2-8-18/h5,9,11,16,18-19,25H,1-4,6-8,10,12-15,17H2,(H,24,27)/t19-,22-/m0/s1. The van der Waals surface area contributed by atoms with E-state index in [4.69, 9.17) is 4.74 Å². The molecule has 3 aliphatic rings. The van der Waals surface area contributed by atoms with Gasteiger partial charge in [-0.15, -0.1) is 0 Å². The number of ether oxygens (including phenoxy) is 1. The number of pyridine rings is 1. The number of fused-ring (bicyclic) bond motifs is 1. The highest BCUT2D eigenvalue weighted by molar-refractivity contribution is 5.87. The monoisotopic (exact) mass is 386 g/mol. The number of hydrogen-bond acceptors (Lipinski definition) is 5. The first-order chi connectivity index (χ1) is 13.8. The minimum atomic E-state index is -0.293. The van der Waals surface area contributed by atoms with Crippen molar-refractivity contribution in [2.45, 2.75) is 75.4 Å². The van der Waals surface area contributed by atoms with Gasteiger partial charge < -0.3 is 15.4 Å². The lowest BCUT2D eigenvalue weighted by Gasteiger charge is -2.40. The zero-order valence-corrected chi connectivity index (χ0v) is 16.9. The first-order valence-electron chi connectivity index (χ1n) is 11.1. The Morgan fingerprint density at radius 1 is 1.25 bits per heavy atom. The Morgan fingerprint density at radius 3 is 2.96 bits per heavy atom. The van der Waals surface area contributed by atoms with Gasteiger partial charge in [-0.05, 0) is 63.6 Å². The van der Waals surface area contributed by atoms with Crippen molar-refractivity contribution in [2.75, 3.05) is 26.2 Å². The molecule has 0 aromatic carbocycles. The van der Waals surface area contributed by atoms with Crippen molar-refractivity contribution >= 4 is 5.91 Å². The van der Waals surface area contributed by atoms with Crippen molar-refractivity contribution < 1.29 is 9.53 Å². The van der Waals surface area contributed by atoms with Crippen molar-refractivity contribution in [1.29, 1.82) is 0 Å². The summed E-state index contributed by atoms with van der Waals surface area (Å²) in [4.78, 5) is 19.7. The van der Waals surface area contributed by atoms with Gasteiger partial charge in [-0.3, -0.25) is 14.7 Å². The number of rotatable bonds is 8. The summed E-state index contributed by atoms with van der Waals surface area (Å²) in [7, 11) is 0. The van der Waals surface area contributed by atoms with E-state index in [0.29, 0.717) is 25.2 Å². The fraction of sp³-hybridized carbons (Fsp3) is 0.727. The maximum absolute atomic E-state index is 13.2. The average Bonchev–Trinajstić information content (AvgIpc) is 3.36. The van der Waals surface area contributed by atoms with E-state index in [2.05, 4.69) is 20.5 Å². The molecule has 0 bridgehead atoms. The van der Waals surface area contributed by atoms with E-state index in [1.165, 1.54) is 32.1 Å². The summed E-state index contributed by atoms with van der Waals surface area (Å²) in [5, 5.41) is 7.07. The number of piperidine rings is 1. The Morgan fingerprint density at radius 2 is 2.14 bits per heavy atom. The third kappa shape index (κ3) is 4.49. The van der Waals surface area contributed by atoms with E-state index in [9.17, 15) is 4.79 Å². The zero-order valence-electron chi connectivity index (χ0n) is 16.9. The number of hydrogen-bond donors (Lipinski definition) is 2. The van der Waals surface area contributed by atoms with E-state index in [1.54, 1.807) is 12.4 Å². The van der Waals surface area contributed by atoms with E-state index < -0.39 is 0 Å². The fourth-order valence-electron chi connectivity index (χ4n) is 5.28. The predicted molar refractivity (Wildman–Crippen MR) is 109 cm³/mol. The fourth-order valence-corrected chi connectivity index (χ4v) is 5.28. The van der Waals surface area contributed by atoms with E-state index in [1.807, 2.05) is 12.1 Å². The molecule has 1 saturated carbocycles. The van der Waals surface area contributed by atoms with Gasteiger partial charge in [-0.2, -0.15) is 0 Å². The number of amides is 1. The van der Waals surface area contributed by atoms with Crippen LogP contribution in [0.3, 0.4) is 0 Å². The van der Waals surface area contributed by atoms with Gasteiger partial charge in [0.1, 0.15) is 11.3 Å². The number of carbonyl (C=O) groups excluding carboxylic acids is 1. The van der Waals surface area contributed by atoms with Crippen molar-refractivity contribution in [3.63, 3.8) is 0 Å². The van der Waals surface area contributed by atoms with Crippen LogP contribution in [0.4, 0.5) is 0 Å². The van der Waals surface area contributed by atoms with Crippen LogP contribution in [-0.2, 0) is 4.79 Å². The van der Waals surface area contributed by atoms with Crippen LogP contribution >= 0.6 is 0 Å². The molecule has 1 aliphatic carbocycles. The highest BCUT2D eigenvalue weighted by Crippen LogP contribution is 2.38. The van der Waals surface area contributed by atoms with Crippen LogP contribution < -0.4 is 15.4 Å². The SMILES string of the molecule is O=C(NCCCOc1cccnc1)[C@@]12CCCCN1C[C@@H](NC1CCCC1)C2. The van der Waals surface area contributed by atoms with Gasteiger partial charge in [0.15, 0.2) is 0 Å². The molecule has 154 valence electrons. The lowest BCUT2D eigenvalue weighted by atomic mass is 9.84. The maximum atomic E-state index is 13.2. The van der Waals surface area contributed by atoms with Crippen LogP contribution in [0.2, 0.25) is 0 Å². The van der Waals surface area contributed by atoms with Crippen molar-refractivity contribution in [3.05, 3.63) is 24.5 Å². The molecule has 2 saturated heterocycles. The summed E-state index contributed by atoms with van der Waals surface area (Å²) in [6.07, 6.45) is 13.9. The minimum absolute atomic E-state index is 0.226. The summed E-state index contributed by atoms with van der Waals surface area (Å²) in [5.41, 5.74) is -0.293. The normalized spacial score (nSPS) is 28.2. The summed E-state index contributed by atoms with van der Waals surface area (Å²) >= 11 is 0. The van der Waals surface area contributed by atoms with Gasteiger partial charge in [0.25, 0.3) is 0 Å². The Balaban J connectivity index is 1.26. The molecule has 1 aromatic rings. The first kappa shape index (κ1) is 19.6. The molecule has 0 unspecified atom stereocenters. The van der Waals surface area contributed by atoms with E-state index >= 15 is 0 Å². The molecule has 6 heteroatoms. The molecular weight excluding hydrogens is 352 g/mol. The second kappa shape index (κ2) is 9.23. The summed E-state index contributed by atoms with van der Waals surface area (Å²) in [5.74, 6) is 1.01. The van der Waals surface area contributed by atoms with Gasteiger partial charge >= 0.3 is 0 Å². The van der Waals surface area contributed by atoms with Crippen LogP contribution in [0, 0.1) is 0 Å². The Kier molecular flexibility index (Phi) is 6.47. The number of nitrogens with one attached hydrogen (secondary N) is 2. The molecular formula is C22H34N4O2. The molecule has 1 amide bonds. The molecule has 2 atom stereocenters. The Hall–Kier alpha value is -1.66. The van der Waals surface area contributed by atoms with Crippen LogP contribution in [0.5, 0.6) is 5.75 Å². The quantitative estimate of drug-likeness (QED) is 0.672. The molecule has 28 heavy (non-hydrogen) atoms. The highest BCUT2D eigenvalue weighted by Gasteiger charge is 2.51. The van der Waals surface area contributed by atoms with Crippen LogP contribution in [-0.4, -0.2) is 59.7 Å². The Bertz CT molecular complexity index is 635. The largest absolute Gasteiger partial charge is 0.492 e.